The third kappa shape index (κ3) is 3.21. The lowest BCUT2D eigenvalue weighted by Crippen LogP contribution is -2.25. The van der Waals surface area contributed by atoms with Crippen molar-refractivity contribution in [1.82, 2.24) is 0 Å². The molecule has 5 heteroatoms. The molecule has 0 fully saturated rings. The molecule has 0 aliphatic rings. The molecular formula is C11H13BrO4. The van der Waals surface area contributed by atoms with Crippen molar-refractivity contribution in [2.24, 2.45) is 0 Å². The van der Waals surface area contributed by atoms with Gasteiger partial charge in [-0.15, -0.1) is 0 Å². The minimum Gasteiger partial charge on any atom is -0.478 e. The molecule has 1 N–H and O–H groups in total. The summed E-state index contributed by atoms with van der Waals surface area (Å²) in [6.07, 6.45) is -0.665. The number of hydrogen-bond acceptors (Lipinski definition) is 4. The minimum absolute atomic E-state index is 0.0363. The number of aliphatic hydroxyl groups excluding tert-OH is 1. The highest BCUT2D eigenvalue weighted by molar-refractivity contribution is 9.10. The SMILES string of the molecule is COC(=O)C(C)Oc1ccc(CO)cc1Br. The van der Waals surface area contributed by atoms with E-state index in [1.54, 1.807) is 25.1 Å². The first-order valence-corrected chi connectivity index (χ1v) is 5.51. The van der Waals surface area contributed by atoms with Gasteiger partial charge >= 0.3 is 5.97 Å². The molecule has 0 heterocycles. The van der Waals surface area contributed by atoms with Crippen LogP contribution in [0.25, 0.3) is 0 Å². The summed E-state index contributed by atoms with van der Waals surface area (Å²) < 4.78 is 10.6. The normalized spacial score (nSPS) is 12.0. The van der Waals surface area contributed by atoms with Crippen molar-refractivity contribution in [1.29, 1.82) is 0 Å². The van der Waals surface area contributed by atoms with Crippen molar-refractivity contribution in [3.63, 3.8) is 0 Å². The Bertz CT molecular complexity index is 378. The third-order valence-electron chi connectivity index (χ3n) is 2.02. The van der Waals surface area contributed by atoms with Crippen LogP contribution in [0.3, 0.4) is 0 Å². The zero-order valence-electron chi connectivity index (χ0n) is 9.07. The maximum atomic E-state index is 11.1. The average Bonchev–Trinajstić information content (AvgIpc) is 2.30. The van der Waals surface area contributed by atoms with Gasteiger partial charge in [-0.3, -0.25) is 0 Å². The van der Waals surface area contributed by atoms with Gasteiger partial charge in [0, 0.05) is 0 Å². The molecule has 0 amide bonds. The zero-order valence-corrected chi connectivity index (χ0v) is 10.7. The topological polar surface area (TPSA) is 55.8 Å². The maximum Gasteiger partial charge on any atom is 0.346 e. The number of rotatable bonds is 4. The molecule has 1 aromatic rings. The first-order chi connectivity index (χ1) is 7.58. The van der Waals surface area contributed by atoms with E-state index >= 15 is 0 Å². The van der Waals surface area contributed by atoms with Gasteiger partial charge < -0.3 is 14.6 Å². The number of halogens is 1. The molecule has 4 nitrogen and oxygen atoms in total. The lowest BCUT2D eigenvalue weighted by atomic mass is 10.2. The maximum absolute atomic E-state index is 11.1. The number of hydrogen-bond donors (Lipinski definition) is 1. The second kappa shape index (κ2) is 5.86. The first kappa shape index (κ1) is 13.0. The summed E-state index contributed by atoms with van der Waals surface area (Å²) in [6.45, 7) is 1.57. The van der Waals surface area contributed by atoms with Gasteiger partial charge in [-0.05, 0) is 40.5 Å². The Kier molecular flexibility index (Phi) is 4.76. The Labute approximate surface area is 102 Å². The van der Waals surface area contributed by atoms with Crippen molar-refractivity contribution >= 4 is 21.9 Å². The fourth-order valence-electron chi connectivity index (χ4n) is 1.14. The van der Waals surface area contributed by atoms with Crippen LogP contribution in [-0.4, -0.2) is 24.3 Å². The van der Waals surface area contributed by atoms with Crippen LogP contribution in [-0.2, 0) is 16.1 Å². The number of ether oxygens (including phenoxy) is 2. The van der Waals surface area contributed by atoms with Crippen molar-refractivity contribution in [3.8, 4) is 5.75 Å². The predicted octanol–water partition coefficient (Wildman–Crippen LogP) is 1.88. The lowest BCUT2D eigenvalue weighted by molar-refractivity contribution is -0.147. The summed E-state index contributed by atoms with van der Waals surface area (Å²) in [5, 5.41) is 8.93. The highest BCUT2D eigenvalue weighted by Gasteiger charge is 2.16. The average molecular weight is 289 g/mol. The number of carbonyl (C=O) groups is 1. The summed E-state index contributed by atoms with van der Waals surface area (Å²) in [4.78, 5) is 11.1. The molecule has 1 unspecified atom stereocenters. The van der Waals surface area contributed by atoms with Gasteiger partial charge in [0.05, 0.1) is 18.2 Å². The molecule has 0 bridgehead atoms. The highest BCUT2D eigenvalue weighted by atomic mass is 79.9. The minimum atomic E-state index is -0.665. The first-order valence-electron chi connectivity index (χ1n) is 4.72. The van der Waals surface area contributed by atoms with E-state index in [0.29, 0.717) is 10.2 Å². The number of carbonyl (C=O) groups excluding carboxylic acids is 1. The molecule has 0 aromatic heterocycles. The quantitative estimate of drug-likeness (QED) is 0.860. The molecule has 0 saturated carbocycles. The van der Waals surface area contributed by atoms with Crippen molar-refractivity contribution in [3.05, 3.63) is 28.2 Å². The lowest BCUT2D eigenvalue weighted by Gasteiger charge is -2.14. The Balaban J connectivity index is 2.78. The van der Waals surface area contributed by atoms with Gasteiger partial charge in [0.15, 0.2) is 6.10 Å². The molecule has 0 aliphatic heterocycles. The van der Waals surface area contributed by atoms with Crippen LogP contribution in [0.15, 0.2) is 22.7 Å². The second-order valence-electron chi connectivity index (χ2n) is 3.21. The van der Waals surface area contributed by atoms with Gasteiger partial charge in [-0.25, -0.2) is 4.79 Å². The highest BCUT2D eigenvalue weighted by Crippen LogP contribution is 2.27. The molecule has 88 valence electrons. The van der Waals surface area contributed by atoms with Crippen LogP contribution >= 0.6 is 15.9 Å². The van der Waals surface area contributed by atoms with Crippen LogP contribution < -0.4 is 4.74 Å². The summed E-state index contributed by atoms with van der Waals surface area (Å²) in [7, 11) is 1.31. The standard InChI is InChI=1S/C11H13BrO4/c1-7(11(14)15-2)16-10-4-3-8(6-13)5-9(10)12/h3-5,7,13H,6H2,1-2H3. The van der Waals surface area contributed by atoms with Crippen LogP contribution in [0.1, 0.15) is 12.5 Å². The van der Waals surface area contributed by atoms with Crippen molar-refractivity contribution < 1.29 is 19.4 Å². The van der Waals surface area contributed by atoms with Crippen molar-refractivity contribution in [2.75, 3.05) is 7.11 Å². The third-order valence-corrected chi connectivity index (χ3v) is 2.64. The number of benzene rings is 1. The van der Waals surface area contributed by atoms with Gasteiger partial charge in [0.1, 0.15) is 5.75 Å². The molecule has 1 atom stereocenters. The fraction of sp³-hybridized carbons (Fsp3) is 0.364. The van der Waals surface area contributed by atoms with E-state index in [2.05, 4.69) is 20.7 Å². The summed E-state index contributed by atoms with van der Waals surface area (Å²) in [5.74, 6) is 0.105. The van der Waals surface area contributed by atoms with Crippen LogP contribution in [0.4, 0.5) is 0 Å². The van der Waals surface area contributed by atoms with E-state index in [4.69, 9.17) is 9.84 Å². The van der Waals surface area contributed by atoms with E-state index in [1.165, 1.54) is 7.11 Å². The Hall–Kier alpha value is -1.07. The van der Waals surface area contributed by atoms with E-state index in [9.17, 15) is 4.79 Å². The summed E-state index contributed by atoms with van der Waals surface area (Å²) in [5.41, 5.74) is 0.768. The zero-order chi connectivity index (χ0) is 12.1. The molecular weight excluding hydrogens is 276 g/mol. The molecule has 0 aliphatic carbocycles. The molecule has 16 heavy (non-hydrogen) atoms. The van der Waals surface area contributed by atoms with Crippen molar-refractivity contribution in [2.45, 2.75) is 19.6 Å². The van der Waals surface area contributed by atoms with Gasteiger partial charge in [0.2, 0.25) is 0 Å². The van der Waals surface area contributed by atoms with Crippen LogP contribution in [0, 0.1) is 0 Å². The van der Waals surface area contributed by atoms with E-state index in [-0.39, 0.29) is 6.61 Å². The number of methoxy groups -OCH3 is 1. The van der Waals surface area contributed by atoms with Gasteiger partial charge in [-0.1, -0.05) is 6.07 Å². The van der Waals surface area contributed by atoms with E-state index < -0.39 is 12.1 Å². The van der Waals surface area contributed by atoms with E-state index in [0.717, 1.165) is 5.56 Å². The Morgan fingerprint density at radius 3 is 2.75 bits per heavy atom. The van der Waals surface area contributed by atoms with E-state index in [1.807, 2.05) is 0 Å². The molecule has 0 spiro atoms. The molecule has 0 saturated heterocycles. The number of aliphatic hydroxyl groups is 1. The molecule has 1 rings (SSSR count). The van der Waals surface area contributed by atoms with Gasteiger partial charge in [-0.2, -0.15) is 0 Å². The smallest absolute Gasteiger partial charge is 0.346 e. The van der Waals surface area contributed by atoms with Gasteiger partial charge in [0.25, 0.3) is 0 Å². The summed E-state index contributed by atoms with van der Waals surface area (Å²) in [6, 6.07) is 5.15. The Morgan fingerprint density at radius 2 is 2.25 bits per heavy atom. The Morgan fingerprint density at radius 1 is 1.56 bits per heavy atom. The molecule has 0 radical (unpaired) electrons. The molecule has 1 aromatic carbocycles. The van der Waals surface area contributed by atoms with Crippen LogP contribution in [0.5, 0.6) is 5.75 Å². The van der Waals surface area contributed by atoms with Crippen LogP contribution in [0.2, 0.25) is 0 Å². The largest absolute Gasteiger partial charge is 0.478 e. The summed E-state index contributed by atoms with van der Waals surface area (Å²) >= 11 is 3.30. The number of esters is 1. The fourth-order valence-corrected chi connectivity index (χ4v) is 1.66. The predicted molar refractivity (Wildman–Crippen MR) is 62.2 cm³/mol. The second-order valence-corrected chi connectivity index (χ2v) is 4.06. The monoisotopic (exact) mass is 288 g/mol.